The SMILES string of the molecule is Fc1c(OC(F)F)cc(Cl)cc1C(F)(F)F. The predicted molar refractivity (Wildman–Crippen MR) is 43.0 cm³/mol. The van der Waals surface area contributed by atoms with Crippen LogP contribution >= 0.6 is 11.6 Å². The minimum absolute atomic E-state index is 0.287. The van der Waals surface area contributed by atoms with Gasteiger partial charge in [-0.15, -0.1) is 0 Å². The van der Waals surface area contributed by atoms with Crippen molar-refractivity contribution in [3.63, 3.8) is 0 Å². The minimum Gasteiger partial charge on any atom is -0.432 e. The molecule has 0 atom stereocenters. The van der Waals surface area contributed by atoms with E-state index in [0.717, 1.165) is 0 Å². The summed E-state index contributed by atoms with van der Waals surface area (Å²) in [6, 6.07) is 0.827. The van der Waals surface area contributed by atoms with Crippen LogP contribution in [0.4, 0.5) is 26.3 Å². The zero-order chi connectivity index (χ0) is 12.5. The highest BCUT2D eigenvalue weighted by molar-refractivity contribution is 6.30. The maximum atomic E-state index is 13.1. The Kier molecular flexibility index (Phi) is 3.57. The monoisotopic (exact) mass is 264 g/mol. The molecular formula is C8H3ClF6O. The molecule has 0 aliphatic carbocycles. The van der Waals surface area contributed by atoms with Crippen molar-refractivity contribution in [3.05, 3.63) is 28.5 Å². The summed E-state index contributed by atoms with van der Waals surface area (Å²) >= 11 is 5.22. The molecule has 8 heteroatoms. The molecule has 0 aliphatic rings. The molecule has 0 amide bonds. The second-order valence-corrected chi connectivity index (χ2v) is 3.08. The third-order valence-corrected chi connectivity index (χ3v) is 1.74. The van der Waals surface area contributed by atoms with Gasteiger partial charge in [-0.2, -0.15) is 22.0 Å². The van der Waals surface area contributed by atoms with Crippen LogP contribution < -0.4 is 4.74 Å². The highest BCUT2D eigenvalue weighted by Gasteiger charge is 2.36. The molecule has 0 heterocycles. The lowest BCUT2D eigenvalue weighted by Crippen LogP contribution is -2.11. The molecule has 1 rings (SSSR count). The van der Waals surface area contributed by atoms with Gasteiger partial charge in [-0.3, -0.25) is 0 Å². The van der Waals surface area contributed by atoms with Gasteiger partial charge in [-0.1, -0.05) is 11.6 Å². The lowest BCUT2D eigenvalue weighted by Gasteiger charge is -2.12. The van der Waals surface area contributed by atoms with Gasteiger partial charge >= 0.3 is 12.8 Å². The molecule has 16 heavy (non-hydrogen) atoms. The Labute approximate surface area is 90.6 Å². The molecule has 1 aromatic carbocycles. The molecule has 90 valence electrons. The van der Waals surface area contributed by atoms with Crippen molar-refractivity contribution in [1.29, 1.82) is 0 Å². The third kappa shape index (κ3) is 2.94. The van der Waals surface area contributed by atoms with Crippen LogP contribution in [0.15, 0.2) is 12.1 Å². The second-order valence-electron chi connectivity index (χ2n) is 2.64. The highest BCUT2D eigenvalue weighted by atomic mass is 35.5. The van der Waals surface area contributed by atoms with Gasteiger partial charge in [-0.25, -0.2) is 4.39 Å². The fourth-order valence-corrected chi connectivity index (χ4v) is 1.16. The van der Waals surface area contributed by atoms with Gasteiger partial charge in [0.05, 0.1) is 5.56 Å². The first-order chi connectivity index (χ1) is 7.21. The lowest BCUT2D eigenvalue weighted by molar-refractivity contribution is -0.140. The van der Waals surface area contributed by atoms with Crippen molar-refractivity contribution in [2.75, 3.05) is 0 Å². The number of hydrogen-bond acceptors (Lipinski definition) is 1. The maximum Gasteiger partial charge on any atom is 0.419 e. The molecule has 0 N–H and O–H groups in total. The molecule has 0 saturated carbocycles. The van der Waals surface area contributed by atoms with Crippen molar-refractivity contribution in [2.24, 2.45) is 0 Å². The van der Waals surface area contributed by atoms with Crippen molar-refractivity contribution >= 4 is 11.6 Å². The Hall–Kier alpha value is -1.11. The molecule has 1 aromatic rings. The quantitative estimate of drug-likeness (QED) is 0.731. The van der Waals surface area contributed by atoms with E-state index in [9.17, 15) is 26.3 Å². The van der Waals surface area contributed by atoms with Gasteiger partial charge < -0.3 is 4.74 Å². The lowest BCUT2D eigenvalue weighted by atomic mass is 10.2. The molecule has 0 spiro atoms. The van der Waals surface area contributed by atoms with E-state index in [2.05, 4.69) is 4.74 Å². The van der Waals surface area contributed by atoms with Crippen LogP contribution in [0.3, 0.4) is 0 Å². The standard InChI is InChI=1S/C8H3ClF6O/c9-3-1-4(8(13,14)15)6(10)5(2-3)16-7(11)12/h1-2,7H. The van der Waals surface area contributed by atoms with Crippen LogP contribution in [-0.2, 0) is 6.18 Å². The molecule has 0 aliphatic heterocycles. The summed E-state index contributed by atoms with van der Waals surface area (Å²) in [7, 11) is 0. The van der Waals surface area contributed by atoms with E-state index >= 15 is 0 Å². The van der Waals surface area contributed by atoms with Crippen LogP contribution in [0.5, 0.6) is 5.75 Å². The summed E-state index contributed by atoms with van der Waals surface area (Å²) in [5.41, 5.74) is -1.75. The average Bonchev–Trinajstić information content (AvgIpc) is 2.07. The van der Waals surface area contributed by atoms with Gasteiger partial charge in [0.25, 0.3) is 0 Å². The first-order valence-corrected chi connectivity index (χ1v) is 4.10. The number of halogens is 7. The van der Waals surface area contributed by atoms with E-state index in [1.807, 2.05) is 0 Å². The van der Waals surface area contributed by atoms with Gasteiger partial charge in [0.15, 0.2) is 11.6 Å². The van der Waals surface area contributed by atoms with Gasteiger partial charge in [0, 0.05) is 11.1 Å². The normalized spacial score (nSPS) is 12.0. The van der Waals surface area contributed by atoms with Gasteiger partial charge in [-0.05, 0) is 6.07 Å². The number of ether oxygens (including phenoxy) is 1. The van der Waals surface area contributed by atoms with Crippen molar-refractivity contribution in [1.82, 2.24) is 0 Å². The highest BCUT2D eigenvalue weighted by Crippen LogP contribution is 2.37. The number of alkyl halides is 5. The van der Waals surface area contributed by atoms with Crippen LogP contribution in [0.1, 0.15) is 5.56 Å². The molecule has 0 radical (unpaired) electrons. The van der Waals surface area contributed by atoms with E-state index in [4.69, 9.17) is 11.6 Å². The van der Waals surface area contributed by atoms with Crippen molar-refractivity contribution in [2.45, 2.75) is 12.8 Å². The summed E-state index contributed by atoms with van der Waals surface area (Å²) in [5.74, 6) is -3.16. The fourth-order valence-electron chi connectivity index (χ4n) is 0.952. The van der Waals surface area contributed by atoms with Gasteiger partial charge in [0.1, 0.15) is 0 Å². The van der Waals surface area contributed by atoms with E-state index in [1.54, 1.807) is 0 Å². The molecule has 0 bridgehead atoms. The summed E-state index contributed by atoms with van der Waals surface area (Å²) in [6.07, 6.45) is -5.03. The summed E-state index contributed by atoms with van der Waals surface area (Å²) in [4.78, 5) is 0. The Morgan fingerprint density at radius 1 is 1.19 bits per heavy atom. The first kappa shape index (κ1) is 13.0. The Balaban J connectivity index is 3.26. The minimum atomic E-state index is -5.03. The Morgan fingerprint density at radius 3 is 2.19 bits per heavy atom. The summed E-state index contributed by atoms with van der Waals surface area (Å²) in [6.45, 7) is -3.44. The molecule has 1 nitrogen and oxygen atoms in total. The molecule has 0 unspecified atom stereocenters. The smallest absolute Gasteiger partial charge is 0.419 e. The largest absolute Gasteiger partial charge is 0.432 e. The maximum absolute atomic E-state index is 13.1. The third-order valence-electron chi connectivity index (χ3n) is 1.53. The van der Waals surface area contributed by atoms with Crippen LogP contribution in [0.2, 0.25) is 5.02 Å². The van der Waals surface area contributed by atoms with E-state index in [0.29, 0.717) is 6.07 Å². The number of benzene rings is 1. The first-order valence-electron chi connectivity index (χ1n) is 3.73. The second kappa shape index (κ2) is 4.40. The topological polar surface area (TPSA) is 9.23 Å². The molecule has 0 saturated heterocycles. The van der Waals surface area contributed by atoms with Crippen LogP contribution in [0, 0.1) is 5.82 Å². The number of hydrogen-bond donors (Lipinski definition) is 0. The van der Waals surface area contributed by atoms with Crippen molar-refractivity contribution < 1.29 is 31.1 Å². The predicted octanol–water partition coefficient (Wildman–Crippen LogP) is 4.10. The van der Waals surface area contributed by atoms with E-state index < -0.39 is 34.9 Å². The zero-order valence-electron chi connectivity index (χ0n) is 7.29. The molecule has 0 fully saturated rings. The molecule has 0 aromatic heterocycles. The van der Waals surface area contributed by atoms with E-state index in [1.165, 1.54) is 0 Å². The Bertz CT molecular complexity index is 389. The van der Waals surface area contributed by atoms with Crippen LogP contribution in [-0.4, -0.2) is 6.61 Å². The number of rotatable bonds is 2. The van der Waals surface area contributed by atoms with Gasteiger partial charge in [0.2, 0.25) is 0 Å². The summed E-state index contributed by atoms with van der Waals surface area (Å²) < 4.78 is 76.7. The van der Waals surface area contributed by atoms with Crippen molar-refractivity contribution in [3.8, 4) is 5.75 Å². The van der Waals surface area contributed by atoms with Crippen LogP contribution in [0.25, 0.3) is 0 Å². The fraction of sp³-hybridized carbons (Fsp3) is 0.250. The summed E-state index contributed by atoms with van der Waals surface area (Å²) in [5, 5.41) is -0.552. The molecular weight excluding hydrogens is 262 g/mol. The average molecular weight is 265 g/mol. The zero-order valence-corrected chi connectivity index (χ0v) is 8.04. The van der Waals surface area contributed by atoms with E-state index in [-0.39, 0.29) is 6.07 Å². The Morgan fingerprint density at radius 2 is 1.75 bits per heavy atom.